The third-order valence-corrected chi connectivity index (χ3v) is 4.80. The molecule has 1 aliphatic heterocycles. The van der Waals surface area contributed by atoms with Crippen molar-refractivity contribution in [1.82, 2.24) is 14.8 Å². The number of pyridine rings is 1. The number of hydrogen-bond acceptors (Lipinski definition) is 6. The van der Waals surface area contributed by atoms with Crippen molar-refractivity contribution in [3.63, 3.8) is 0 Å². The molecule has 1 aliphatic rings. The lowest BCUT2D eigenvalue weighted by molar-refractivity contribution is 0.0684. The number of rotatable bonds is 7. The molecule has 2 aromatic rings. The van der Waals surface area contributed by atoms with Crippen molar-refractivity contribution in [2.24, 2.45) is 0 Å². The maximum Gasteiger partial charge on any atom is 0.124 e. The van der Waals surface area contributed by atoms with Gasteiger partial charge in [0, 0.05) is 51.0 Å². The summed E-state index contributed by atoms with van der Waals surface area (Å²) >= 11 is 0. The van der Waals surface area contributed by atoms with Crippen molar-refractivity contribution >= 4 is 0 Å². The predicted octanol–water partition coefficient (Wildman–Crippen LogP) is 1.95. The minimum atomic E-state index is -0.609. The number of ether oxygens (including phenoxy) is 2. The largest absolute Gasteiger partial charge is 0.497 e. The molecule has 6 nitrogen and oxygen atoms in total. The molecule has 2 heterocycles. The fourth-order valence-electron chi connectivity index (χ4n) is 3.29. The van der Waals surface area contributed by atoms with Crippen LogP contribution in [0.3, 0.4) is 0 Å². The zero-order valence-corrected chi connectivity index (χ0v) is 15.5. The lowest BCUT2D eigenvalue weighted by Crippen LogP contribution is -2.47. The van der Waals surface area contributed by atoms with Gasteiger partial charge in [0.1, 0.15) is 11.5 Å². The fraction of sp³-hybridized carbons (Fsp3) is 0.450. The average molecular weight is 357 g/mol. The summed E-state index contributed by atoms with van der Waals surface area (Å²) in [5.74, 6) is 1.41. The van der Waals surface area contributed by atoms with Crippen LogP contribution in [0.2, 0.25) is 0 Å². The van der Waals surface area contributed by atoms with Crippen LogP contribution in [0.5, 0.6) is 11.5 Å². The molecule has 140 valence electrons. The quantitative estimate of drug-likeness (QED) is 0.817. The predicted molar refractivity (Wildman–Crippen MR) is 100 cm³/mol. The Labute approximate surface area is 155 Å². The first kappa shape index (κ1) is 18.6. The van der Waals surface area contributed by atoms with E-state index in [9.17, 15) is 5.11 Å². The molecule has 0 saturated carbocycles. The van der Waals surface area contributed by atoms with Crippen LogP contribution in [0.25, 0.3) is 0 Å². The summed E-state index contributed by atoms with van der Waals surface area (Å²) in [7, 11) is 3.24. The van der Waals surface area contributed by atoms with E-state index in [1.54, 1.807) is 14.2 Å². The molecule has 0 spiro atoms. The molecule has 0 bridgehead atoms. The first-order valence-electron chi connectivity index (χ1n) is 8.94. The van der Waals surface area contributed by atoms with E-state index in [1.165, 1.54) is 0 Å². The van der Waals surface area contributed by atoms with Gasteiger partial charge in [-0.05, 0) is 30.3 Å². The van der Waals surface area contributed by atoms with Crippen molar-refractivity contribution in [2.45, 2.75) is 12.6 Å². The van der Waals surface area contributed by atoms with Crippen molar-refractivity contribution < 1.29 is 14.6 Å². The average Bonchev–Trinajstić information content (AvgIpc) is 2.69. The Balaban J connectivity index is 1.54. The molecular formula is C20H27N3O3. The summed E-state index contributed by atoms with van der Waals surface area (Å²) in [6.45, 7) is 5.26. The SMILES string of the molecule is COc1ccc(OC)c(C(O)CN2CCN(Cc3ccccn3)CC2)c1. The second-order valence-electron chi connectivity index (χ2n) is 6.52. The lowest BCUT2D eigenvalue weighted by atomic mass is 10.1. The topological polar surface area (TPSA) is 58.1 Å². The van der Waals surface area contributed by atoms with Crippen LogP contribution in [0, 0.1) is 0 Å². The van der Waals surface area contributed by atoms with Crippen LogP contribution in [0.4, 0.5) is 0 Å². The second-order valence-corrected chi connectivity index (χ2v) is 6.52. The van der Waals surface area contributed by atoms with E-state index in [2.05, 4.69) is 20.9 Å². The van der Waals surface area contributed by atoms with Crippen molar-refractivity contribution in [3.05, 3.63) is 53.9 Å². The minimum Gasteiger partial charge on any atom is -0.497 e. The Hall–Kier alpha value is -2.15. The van der Waals surface area contributed by atoms with Gasteiger partial charge in [-0.2, -0.15) is 0 Å². The van der Waals surface area contributed by atoms with E-state index in [0.29, 0.717) is 12.3 Å². The van der Waals surface area contributed by atoms with Gasteiger partial charge < -0.3 is 14.6 Å². The normalized spacial score (nSPS) is 17.0. The van der Waals surface area contributed by atoms with Gasteiger partial charge in [-0.15, -0.1) is 0 Å². The highest BCUT2D eigenvalue weighted by Crippen LogP contribution is 2.30. The Morgan fingerprint density at radius 3 is 2.46 bits per heavy atom. The number of aromatic nitrogens is 1. The summed E-state index contributed by atoms with van der Waals surface area (Å²) < 4.78 is 10.7. The van der Waals surface area contributed by atoms with Crippen LogP contribution in [0.1, 0.15) is 17.4 Å². The highest BCUT2D eigenvalue weighted by atomic mass is 16.5. The van der Waals surface area contributed by atoms with Gasteiger partial charge in [0.15, 0.2) is 0 Å². The highest BCUT2D eigenvalue weighted by Gasteiger charge is 2.22. The molecule has 1 N–H and O–H groups in total. The van der Waals surface area contributed by atoms with Gasteiger partial charge in [0.25, 0.3) is 0 Å². The van der Waals surface area contributed by atoms with Crippen LogP contribution in [0.15, 0.2) is 42.6 Å². The summed E-state index contributed by atoms with van der Waals surface area (Å²) in [6.07, 6.45) is 1.23. The van der Waals surface area contributed by atoms with Crippen LogP contribution >= 0.6 is 0 Å². The number of piperazine rings is 1. The number of β-amino-alcohol motifs (C(OH)–C–C–N with tert-alkyl or cyclic N) is 1. The summed E-state index contributed by atoms with van der Waals surface area (Å²) in [4.78, 5) is 9.08. The second kappa shape index (κ2) is 8.98. The molecule has 3 rings (SSSR count). The van der Waals surface area contributed by atoms with E-state index in [1.807, 2.05) is 36.5 Å². The number of nitrogens with zero attached hydrogens (tertiary/aromatic N) is 3. The molecule has 0 amide bonds. The van der Waals surface area contributed by atoms with Gasteiger partial charge in [0.05, 0.1) is 26.0 Å². The number of methoxy groups -OCH3 is 2. The number of aliphatic hydroxyl groups is 1. The molecule has 1 saturated heterocycles. The molecule has 26 heavy (non-hydrogen) atoms. The zero-order valence-electron chi connectivity index (χ0n) is 15.5. The van der Waals surface area contributed by atoms with E-state index >= 15 is 0 Å². The molecule has 6 heteroatoms. The monoisotopic (exact) mass is 357 g/mol. The molecule has 1 aromatic carbocycles. The van der Waals surface area contributed by atoms with E-state index in [-0.39, 0.29) is 0 Å². The summed E-state index contributed by atoms with van der Waals surface area (Å²) in [5, 5.41) is 10.7. The van der Waals surface area contributed by atoms with E-state index < -0.39 is 6.10 Å². The van der Waals surface area contributed by atoms with Crippen molar-refractivity contribution in [1.29, 1.82) is 0 Å². The molecular weight excluding hydrogens is 330 g/mol. The van der Waals surface area contributed by atoms with Crippen molar-refractivity contribution in [2.75, 3.05) is 46.9 Å². The summed E-state index contributed by atoms with van der Waals surface area (Å²) in [6, 6.07) is 11.5. The number of hydrogen-bond donors (Lipinski definition) is 1. The fourth-order valence-corrected chi connectivity index (χ4v) is 3.29. The van der Waals surface area contributed by atoms with Gasteiger partial charge in [-0.3, -0.25) is 14.8 Å². The van der Waals surface area contributed by atoms with Gasteiger partial charge in [-0.1, -0.05) is 6.07 Å². The van der Waals surface area contributed by atoms with E-state index in [4.69, 9.17) is 9.47 Å². The minimum absolute atomic E-state index is 0.584. The Morgan fingerprint density at radius 1 is 1.04 bits per heavy atom. The lowest BCUT2D eigenvalue weighted by Gasteiger charge is -2.35. The standard InChI is InChI=1S/C20H27N3O3/c1-25-17-6-7-20(26-2)18(13-17)19(24)15-23-11-9-22(10-12-23)14-16-5-3-4-8-21-16/h3-8,13,19,24H,9-12,14-15H2,1-2H3. The summed E-state index contributed by atoms with van der Waals surface area (Å²) in [5.41, 5.74) is 1.87. The molecule has 0 aliphatic carbocycles. The molecule has 0 radical (unpaired) electrons. The maximum atomic E-state index is 10.7. The highest BCUT2D eigenvalue weighted by molar-refractivity contribution is 5.41. The van der Waals surface area contributed by atoms with Crippen LogP contribution in [-0.4, -0.2) is 66.8 Å². The van der Waals surface area contributed by atoms with E-state index in [0.717, 1.165) is 49.7 Å². The number of benzene rings is 1. The smallest absolute Gasteiger partial charge is 0.124 e. The first-order valence-corrected chi connectivity index (χ1v) is 8.94. The molecule has 1 aromatic heterocycles. The third kappa shape index (κ3) is 4.72. The van der Waals surface area contributed by atoms with Gasteiger partial charge in [-0.25, -0.2) is 0 Å². The Kier molecular flexibility index (Phi) is 6.44. The van der Waals surface area contributed by atoms with Crippen LogP contribution < -0.4 is 9.47 Å². The third-order valence-electron chi connectivity index (χ3n) is 4.80. The van der Waals surface area contributed by atoms with Crippen molar-refractivity contribution in [3.8, 4) is 11.5 Å². The van der Waals surface area contributed by atoms with Gasteiger partial charge in [0.2, 0.25) is 0 Å². The van der Waals surface area contributed by atoms with Gasteiger partial charge >= 0.3 is 0 Å². The van der Waals surface area contributed by atoms with Crippen LogP contribution in [-0.2, 0) is 6.54 Å². The molecule has 1 atom stereocenters. The molecule has 1 unspecified atom stereocenters. The Bertz CT molecular complexity index is 688. The maximum absolute atomic E-state index is 10.7. The number of aliphatic hydroxyl groups excluding tert-OH is 1. The Morgan fingerprint density at radius 2 is 1.81 bits per heavy atom. The molecule has 1 fully saturated rings. The zero-order chi connectivity index (χ0) is 18.4. The first-order chi connectivity index (χ1) is 12.7.